The van der Waals surface area contributed by atoms with Crippen LogP contribution in [0.2, 0.25) is 16.6 Å². The fourth-order valence-electron chi connectivity index (χ4n) is 12.3. The fraction of sp³-hybridized carbons (Fsp3) is 0.608. The Labute approximate surface area is 393 Å². The lowest BCUT2D eigenvalue weighted by Gasteiger charge is -2.48. The molecule has 2 aromatic carbocycles. The molecule has 0 radical (unpaired) electrons. The molecule has 2 aromatic heterocycles. The van der Waals surface area contributed by atoms with E-state index in [1.165, 1.54) is 13.2 Å². The Bertz CT molecular complexity index is 2610. The number of carbonyl (C=O) groups is 1. The summed E-state index contributed by atoms with van der Waals surface area (Å²) in [6.07, 6.45) is 2.65. The monoisotopic (exact) mass is 942 g/mol. The Kier molecular flexibility index (Phi) is 12.6. The number of nitrogens with zero attached hydrogens (tertiary/aromatic N) is 6. The first-order valence-electron chi connectivity index (χ1n) is 24.1. The maximum atomic E-state index is 18.2. The van der Waals surface area contributed by atoms with E-state index < -0.39 is 37.0 Å². The van der Waals surface area contributed by atoms with Crippen molar-refractivity contribution in [3.8, 4) is 40.4 Å². The summed E-state index contributed by atoms with van der Waals surface area (Å²) in [6, 6.07) is 5.68. The summed E-state index contributed by atoms with van der Waals surface area (Å²) < 4.78 is 80.0. The molecule has 5 aliphatic rings. The van der Waals surface area contributed by atoms with Crippen LogP contribution in [0.5, 0.6) is 17.6 Å². The van der Waals surface area contributed by atoms with E-state index in [1.54, 1.807) is 18.2 Å². The number of alkyl halides is 1. The molecule has 0 unspecified atom stereocenters. The maximum absolute atomic E-state index is 18.2. The number of fused-ring (bicyclic) bond motifs is 7. The molecule has 2 bridgehead atoms. The number of hydrogen-bond acceptors (Lipinski definition) is 11. The number of ether oxygens (including phenoxy) is 5. The van der Waals surface area contributed by atoms with Crippen LogP contribution in [0.25, 0.3) is 32.9 Å². The SMILES string of the molecule is COCOc1cc(-c2nc3c4c(nc(OC[C@@]56CCCN5C[C@H](F)C6)nc4c2F)N2C[C@H]4CC[C@@H]([C@H]2CCO3)N4C(=O)OC(C)(C)C)c2c(C#C[Si](C(C)C)(C(C)C)C(C)C)c(F)ccc2c1. The van der Waals surface area contributed by atoms with Gasteiger partial charge >= 0.3 is 12.1 Å². The fourth-order valence-corrected chi connectivity index (χ4v) is 17.6. The lowest BCUT2D eigenvalue weighted by Crippen LogP contribution is -2.62. The Morgan fingerprint density at radius 3 is 2.45 bits per heavy atom. The van der Waals surface area contributed by atoms with Gasteiger partial charge in [0.2, 0.25) is 5.88 Å². The molecule has 5 atom stereocenters. The van der Waals surface area contributed by atoms with E-state index in [4.69, 9.17) is 38.6 Å². The van der Waals surface area contributed by atoms with Gasteiger partial charge in [0, 0.05) is 44.0 Å². The van der Waals surface area contributed by atoms with E-state index >= 15 is 8.78 Å². The minimum Gasteiger partial charge on any atom is -0.477 e. The van der Waals surface area contributed by atoms with Gasteiger partial charge in [-0.1, -0.05) is 53.5 Å². The topological polar surface area (TPSA) is 112 Å². The third-order valence-corrected chi connectivity index (χ3v) is 21.5. The van der Waals surface area contributed by atoms with E-state index in [2.05, 4.69) is 62.8 Å². The number of methoxy groups -OCH3 is 1. The molecule has 12 nitrogen and oxygen atoms in total. The summed E-state index contributed by atoms with van der Waals surface area (Å²) in [7, 11) is -0.853. The highest BCUT2D eigenvalue weighted by Gasteiger charge is 2.52. The Morgan fingerprint density at radius 2 is 1.73 bits per heavy atom. The zero-order valence-corrected chi connectivity index (χ0v) is 41.6. The van der Waals surface area contributed by atoms with E-state index in [1.807, 2.05) is 25.7 Å². The van der Waals surface area contributed by atoms with Crippen molar-refractivity contribution in [3.63, 3.8) is 0 Å². The van der Waals surface area contributed by atoms with Gasteiger partial charge in [-0.05, 0) is 93.2 Å². The van der Waals surface area contributed by atoms with Crippen LogP contribution in [0.15, 0.2) is 24.3 Å². The molecule has 0 saturated carbocycles. The summed E-state index contributed by atoms with van der Waals surface area (Å²) in [4.78, 5) is 34.8. The Hall–Kier alpha value is -4.85. The lowest BCUT2D eigenvalue weighted by atomic mass is 9.95. The zero-order chi connectivity index (χ0) is 47.7. The number of carbonyl (C=O) groups excluding carboxylic acids is 1. The van der Waals surface area contributed by atoms with Crippen molar-refractivity contribution in [3.05, 3.63) is 41.5 Å². The summed E-state index contributed by atoms with van der Waals surface area (Å²) in [6.45, 7) is 20.5. The smallest absolute Gasteiger partial charge is 0.410 e. The van der Waals surface area contributed by atoms with E-state index in [9.17, 15) is 9.18 Å². The van der Waals surface area contributed by atoms with E-state index in [-0.39, 0.29) is 100 Å². The molecular formula is C51H65F3N6O6Si. The van der Waals surface area contributed by atoms with Gasteiger partial charge in [0.05, 0.1) is 35.8 Å². The second-order valence-corrected chi connectivity index (χ2v) is 26.8. The van der Waals surface area contributed by atoms with Crippen LogP contribution in [0, 0.1) is 23.1 Å². The van der Waals surface area contributed by atoms with Crippen LogP contribution in [0.4, 0.5) is 23.8 Å². The van der Waals surface area contributed by atoms with Crippen LogP contribution >= 0.6 is 0 Å². The van der Waals surface area contributed by atoms with Crippen molar-refractivity contribution >= 4 is 41.7 Å². The minimum atomic E-state index is -2.36. The number of amides is 1. The number of aromatic nitrogens is 3. The number of pyridine rings is 1. The third kappa shape index (κ3) is 8.34. The largest absolute Gasteiger partial charge is 0.477 e. The number of anilines is 1. The molecule has 0 spiro atoms. The molecule has 5 aliphatic heterocycles. The Morgan fingerprint density at radius 1 is 0.970 bits per heavy atom. The molecular weight excluding hydrogens is 878 g/mol. The van der Waals surface area contributed by atoms with Crippen molar-refractivity contribution < 1.29 is 41.7 Å². The van der Waals surface area contributed by atoms with Crippen LogP contribution < -0.4 is 19.1 Å². The second-order valence-electron chi connectivity index (χ2n) is 21.2. The summed E-state index contributed by atoms with van der Waals surface area (Å²) >= 11 is 0. The minimum absolute atomic E-state index is 0.0636. The zero-order valence-electron chi connectivity index (χ0n) is 40.6. The average Bonchev–Trinajstić information content (AvgIpc) is 3.91. The summed E-state index contributed by atoms with van der Waals surface area (Å²) in [5, 5.41) is 1.21. The Balaban J connectivity index is 1.25. The van der Waals surface area contributed by atoms with Gasteiger partial charge in [0.15, 0.2) is 12.6 Å². The first-order chi connectivity index (χ1) is 31.9. The molecule has 4 aromatic rings. The van der Waals surface area contributed by atoms with Crippen molar-refractivity contribution in [1.82, 2.24) is 24.8 Å². The predicted octanol–water partition coefficient (Wildman–Crippen LogP) is 10.4. The van der Waals surface area contributed by atoms with Crippen LogP contribution in [0.1, 0.15) is 106 Å². The molecule has 0 aliphatic carbocycles. The van der Waals surface area contributed by atoms with Gasteiger partial charge in [-0.15, -0.1) is 5.54 Å². The molecule has 4 fully saturated rings. The first-order valence-corrected chi connectivity index (χ1v) is 26.3. The normalized spacial score (nSPS) is 23.9. The quantitative estimate of drug-likeness (QED) is 0.0861. The number of benzene rings is 2. The van der Waals surface area contributed by atoms with Gasteiger partial charge in [-0.2, -0.15) is 9.97 Å². The van der Waals surface area contributed by atoms with Gasteiger partial charge in [-0.25, -0.2) is 22.9 Å². The van der Waals surface area contributed by atoms with Gasteiger partial charge in [-0.3, -0.25) is 9.80 Å². The molecule has 7 heterocycles. The van der Waals surface area contributed by atoms with Crippen LogP contribution in [0.3, 0.4) is 0 Å². The van der Waals surface area contributed by atoms with Crippen LogP contribution in [-0.2, 0) is 9.47 Å². The van der Waals surface area contributed by atoms with Gasteiger partial charge in [0.25, 0.3) is 0 Å². The third-order valence-electron chi connectivity index (χ3n) is 15.2. The van der Waals surface area contributed by atoms with Gasteiger partial charge in [0.1, 0.15) is 60.4 Å². The molecule has 67 heavy (non-hydrogen) atoms. The summed E-state index contributed by atoms with van der Waals surface area (Å²) in [5.74, 6) is 2.86. The van der Waals surface area contributed by atoms with E-state index in [0.29, 0.717) is 48.3 Å². The highest BCUT2D eigenvalue weighted by atomic mass is 28.3. The van der Waals surface area contributed by atoms with Crippen molar-refractivity contribution in [1.29, 1.82) is 0 Å². The van der Waals surface area contributed by atoms with Crippen molar-refractivity contribution in [2.75, 3.05) is 51.7 Å². The molecule has 4 saturated heterocycles. The number of halogens is 3. The maximum Gasteiger partial charge on any atom is 0.410 e. The van der Waals surface area contributed by atoms with Gasteiger partial charge < -0.3 is 28.6 Å². The molecule has 9 rings (SSSR count). The highest BCUT2D eigenvalue weighted by Crippen LogP contribution is 2.48. The second kappa shape index (κ2) is 17.9. The van der Waals surface area contributed by atoms with Crippen molar-refractivity contribution in [2.24, 2.45) is 0 Å². The molecule has 0 N–H and O–H groups in total. The first kappa shape index (κ1) is 47.2. The molecule has 1 amide bonds. The van der Waals surface area contributed by atoms with Crippen LogP contribution in [-0.4, -0.2) is 121 Å². The van der Waals surface area contributed by atoms with E-state index in [0.717, 1.165) is 32.2 Å². The number of piperazine rings is 1. The standard InChI is InChI=1S/C51H65F3N6O6Si/c1-29(2)67(30(3)4,31(5)6)21-17-36-38(53)14-12-32-22-35(65-28-62-10)23-37(41(32)36)44-43(54)45-42-46(57-48(56-45)64-27-51-18-11-19-58(51)25-33(52)24-51)59-26-34-13-15-40(39(59)16-20-63-47(42)55-44)60(34)49(61)66-50(7,8)9/h12,14,22-23,29-31,33-34,39-40H,11,13,15-16,18-20,24-28H2,1-10H3/t33-,34-,39-,40+,51+/m1/s1. The molecule has 360 valence electrons. The number of hydrogen-bond donors (Lipinski definition) is 0. The molecule has 16 heteroatoms. The number of rotatable bonds is 10. The lowest BCUT2D eigenvalue weighted by molar-refractivity contribution is 0.00635. The highest BCUT2D eigenvalue weighted by molar-refractivity contribution is 6.90. The van der Waals surface area contributed by atoms with Crippen molar-refractivity contribution in [2.45, 2.75) is 153 Å². The summed E-state index contributed by atoms with van der Waals surface area (Å²) in [5.41, 5.74) is 3.50. The predicted molar refractivity (Wildman–Crippen MR) is 255 cm³/mol. The average molecular weight is 943 g/mol.